The van der Waals surface area contributed by atoms with E-state index in [4.69, 9.17) is 9.47 Å². The third kappa shape index (κ3) is 3.63. The van der Waals surface area contributed by atoms with Gasteiger partial charge in [-0.25, -0.2) is 0 Å². The summed E-state index contributed by atoms with van der Waals surface area (Å²) in [4.78, 5) is 0. The van der Waals surface area contributed by atoms with Crippen LogP contribution in [-0.2, 0) is 9.47 Å². The third-order valence-electron chi connectivity index (χ3n) is 2.22. The van der Waals surface area contributed by atoms with Gasteiger partial charge in [-0.3, -0.25) is 0 Å². The number of hydrogen-bond acceptors (Lipinski definition) is 3. The van der Waals surface area contributed by atoms with Crippen molar-refractivity contribution < 1.29 is 14.6 Å². The molecule has 0 aromatic carbocycles. The summed E-state index contributed by atoms with van der Waals surface area (Å²) in [5.41, 5.74) is 0. The van der Waals surface area contributed by atoms with Crippen molar-refractivity contribution in [3.63, 3.8) is 0 Å². The highest BCUT2D eigenvalue weighted by Crippen LogP contribution is 2.25. The van der Waals surface area contributed by atoms with E-state index in [1.54, 1.807) is 0 Å². The van der Waals surface area contributed by atoms with Gasteiger partial charge in [-0.2, -0.15) is 0 Å². The van der Waals surface area contributed by atoms with Crippen molar-refractivity contribution in [1.29, 1.82) is 0 Å². The van der Waals surface area contributed by atoms with Crippen LogP contribution in [0.3, 0.4) is 0 Å². The molecule has 0 bridgehead atoms. The van der Waals surface area contributed by atoms with Crippen LogP contribution in [0.2, 0.25) is 0 Å². The zero-order valence-corrected chi connectivity index (χ0v) is 8.75. The van der Waals surface area contributed by atoms with Gasteiger partial charge in [0, 0.05) is 6.42 Å². The normalized spacial score (nSPS) is 29.1. The van der Waals surface area contributed by atoms with E-state index in [1.807, 2.05) is 13.8 Å². The molecule has 1 N–H and O–H groups in total. The highest BCUT2D eigenvalue weighted by atomic mass is 16.7. The van der Waals surface area contributed by atoms with Crippen molar-refractivity contribution in [2.24, 2.45) is 0 Å². The molecule has 1 aliphatic rings. The molecular weight excluding hydrogens is 168 g/mol. The standard InChI is InChI=1S/C10H20O3/c1-4-5-8(11)6-9-7-12-10(2,3)13-9/h8-9,11H,4-7H2,1-3H3/t8?,9-/m0/s1. The summed E-state index contributed by atoms with van der Waals surface area (Å²) in [7, 11) is 0. The van der Waals surface area contributed by atoms with Crippen LogP contribution in [0.1, 0.15) is 40.0 Å². The van der Waals surface area contributed by atoms with Crippen LogP contribution in [0.4, 0.5) is 0 Å². The Morgan fingerprint density at radius 2 is 2.23 bits per heavy atom. The van der Waals surface area contributed by atoms with Gasteiger partial charge in [0.05, 0.1) is 18.8 Å². The first-order chi connectivity index (χ1) is 6.03. The van der Waals surface area contributed by atoms with Crippen LogP contribution in [-0.4, -0.2) is 29.7 Å². The molecule has 1 aliphatic heterocycles. The number of rotatable bonds is 4. The van der Waals surface area contributed by atoms with Crippen molar-refractivity contribution in [2.75, 3.05) is 6.61 Å². The first kappa shape index (κ1) is 11.0. The van der Waals surface area contributed by atoms with Crippen LogP contribution in [0.5, 0.6) is 0 Å². The van der Waals surface area contributed by atoms with Crippen molar-refractivity contribution in [3.05, 3.63) is 0 Å². The molecule has 0 saturated carbocycles. The van der Waals surface area contributed by atoms with Crippen LogP contribution >= 0.6 is 0 Å². The zero-order chi connectivity index (χ0) is 9.90. The SMILES string of the molecule is CCCC(O)C[C@H]1COC(C)(C)O1. The van der Waals surface area contributed by atoms with Gasteiger partial charge < -0.3 is 14.6 Å². The Kier molecular flexibility index (Phi) is 3.71. The lowest BCUT2D eigenvalue weighted by Gasteiger charge is -2.18. The van der Waals surface area contributed by atoms with Gasteiger partial charge in [0.25, 0.3) is 0 Å². The Morgan fingerprint density at radius 1 is 1.54 bits per heavy atom. The number of aliphatic hydroxyl groups excluding tert-OH is 1. The molecule has 1 unspecified atom stereocenters. The summed E-state index contributed by atoms with van der Waals surface area (Å²) in [6, 6.07) is 0. The molecule has 3 nitrogen and oxygen atoms in total. The van der Waals surface area contributed by atoms with Gasteiger partial charge in [-0.15, -0.1) is 0 Å². The van der Waals surface area contributed by atoms with E-state index in [9.17, 15) is 5.11 Å². The maximum Gasteiger partial charge on any atom is 0.163 e. The third-order valence-corrected chi connectivity index (χ3v) is 2.22. The molecule has 0 spiro atoms. The average Bonchev–Trinajstić information content (AvgIpc) is 2.30. The Bertz CT molecular complexity index is 156. The van der Waals surface area contributed by atoms with E-state index in [2.05, 4.69) is 6.92 Å². The van der Waals surface area contributed by atoms with E-state index >= 15 is 0 Å². The lowest BCUT2D eigenvalue weighted by atomic mass is 10.1. The van der Waals surface area contributed by atoms with Crippen molar-refractivity contribution in [3.8, 4) is 0 Å². The van der Waals surface area contributed by atoms with Crippen LogP contribution in [0.25, 0.3) is 0 Å². The van der Waals surface area contributed by atoms with E-state index in [0.29, 0.717) is 13.0 Å². The van der Waals surface area contributed by atoms with Crippen molar-refractivity contribution >= 4 is 0 Å². The maximum absolute atomic E-state index is 9.54. The smallest absolute Gasteiger partial charge is 0.163 e. The van der Waals surface area contributed by atoms with E-state index < -0.39 is 5.79 Å². The summed E-state index contributed by atoms with van der Waals surface area (Å²) >= 11 is 0. The molecule has 0 aromatic heterocycles. The molecule has 1 saturated heterocycles. The minimum Gasteiger partial charge on any atom is -0.393 e. The highest BCUT2D eigenvalue weighted by Gasteiger charge is 2.33. The van der Waals surface area contributed by atoms with Gasteiger partial charge in [0.2, 0.25) is 0 Å². The van der Waals surface area contributed by atoms with Crippen LogP contribution < -0.4 is 0 Å². The molecule has 1 heterocycles. The van der Waals surface area contributed by atoms with Crippen molar-refractivity contribution in [2.45, 2.75) is 58.0 Å². The minimum absolute atomic E-state index is 0.0662. The Hall–Kier alpha value is -0.120. The predicted octanol–water partition coefficient (Wildman–Crippen LogP) is 1.69. The van der Waals surface area contributed by atoms with E-state index in [-0.39, 0.29) is 12.2 Å². The summed E-state index contributed by atoms with van der Waals surface area (Å²) in [5, 5.41) is 9.54. The largest absolute Gasteiger partial charge is 0.393 e. The predicted molar refractivity (Wildman–Crippen MR) is 50.4 cm³/mol. The minimum atomic E-state index is -0.462. The number of aliphatic hydroxyl groups is 1. The topological polar surface area (TPSA) is 38.7 Å². The van der Waals surface area contributed by atoms with E-state index in [1.165, 1.54) is 0 Å². The fourth-order valence-electron chi connectivity index (χ4n) is 1.63. The first-order valence-electron chi connectivity index (χ1n) is 5.03. The quantitative estimate of drug-likeness (QED) is 0.729. The molecule has 13 heavy (non-hydrogen) atoms. The Labute approximate surface area is 80.0 Å². The molecular formula is C10H20O3. The second kappa shape index (κ2) is 4.40. The maximum atomic E-state index is 9.54. The summed E-state index contributed by atoms with van der Waals surface area (Å²) < 4.78 is 11.0. The summed E-state index contributed by atoms with van der Waals surface area (Å²) in [6.07, 6.45) is 2.37. The molecule has 0 amide bonds. The summed E-state index contributed by atoms with van der Waals surface area (Å²) in [5.74, 6) is -0.462. The molecule has 3 heteroatoms. The monoisotopic (exact) mass is 188 g/mol. The van der Waals surface area contributed by atoms with E-state index in [0.717, 1.165) is 12.8 Å². The molecule has 0 radical (unpaired) electrons. The first-order valence-corrected chi connectivity index (χ1v) is 5.03. The van der Waals surface area contributed by atoms with Gasteiger partial charge in [-0.05, 0) is 20.3 Å². The Morgan fingerprint density at radius 3 is 2.69 bits per heavy atom. The average molecular weight is 188 g/mol. The fourth-order valence-corrected chi connectivity index (χ4v) is 1.63. The second-order valence-corrected chi connectivity index (χ2v) is 4.13. The second-order valence-electron chi connectivity index (χ2n) is 4.13. The van der Waals surface area contributed by atoms with Gasteiger partial charge in [-0.1, -0.05) is 13.3 Å². The van der Waals surface area contributed by atoms with Gasteiger partial charge in [0.1, 0.15) is 0 Å². The fraction of sp³-hybridized carbons (Fsp3) is 1.00. The lowest BCUT2D eigenvalue weighted by molar-refractivity contribution is -0.141. The number of ether oxygens (including phenoxy) is 2. The van der Waals surface area contributed by atoms with Gasteiger partial charge >= 0.3 is 0 Å². The highest BCUT2D eigenvalue weighted by molar-refractivity contribution is 4.73. The number of hydrogen-bond donors (Lipinski definition) is 1. The molecule has 1 rings (SSSR count). The summed E-state index contributed by atoms with van der Waals surface area (Å²) in [6.45, 7) is 6.48. The lowest BCUT2D eigenvalue weighted by Crippen LogP contribution is -2.24. The molecule has 2 atom stereocenters. The molecule has 0 aliphatic carbocycles. The molecule has 1 fully saturated rings. The Balaban J connectivity index is 2.24. The zero-order valence-electron chi connectivity index (χ0n) is 8.75. The van der Waals surface area contributed by atoms with Crippen LogP contribution in [0, 0.1) is 0 Å². The van der Waals surface area contributed by atoms with Gasteiger partial charge in [0.15, 0.2) is 5.79 Å². The molecule has 0 aromatic rings. The van der Waals surface area contributed by atoms with Crippen molar-refractivity contribution in [1.82, 2.24) is 0 Å². The molecule has 78 valence electrons. The van der Waals surface area contributed by atoms with Crippen LogP contribution in [0.15, 0.2) is 0 Å².